The molecule has 0 aromatic carbocycles. The quantitative estimate of drug-likeness (QED) is 0.409. The van der Waals surface area contributed by atoms with Gasteiger partial charge in [0.25, 0.3) is 0 Å². The zero-order chi connectivity index (χ0) is 5.56. The van der Waals surface area contributed by atoms with Gasteiger partial charge in [-0.2, -0.15) is 7.05 Å². The Hall–Kier alpha value is -0.0400. The lowest BCUT2D eigenvalue weighted by molar-refractivity contribution is -0.842. The SMILES string of the molecule is [CH2-][NH+]1C[C@H]2CC[C@H]2C1. The van der Waals surface area contributed by atoms with Crippen LogP contribution in [0.25, 0.3) is 0 Å². The number of nitrogens with one attached hydrogen (secondary N) is 1. The maximum Gasteiger partial charge on any atom is 0.0563 e. The van der Waals surface area contributed by atoms with Crippen LogP contribution in [0.2, 0.25) is 0 Å². The molecule has 1 aliphatic heterocycles. The van der Waals surface area contributed by atoms with Crippen molar-refractivity contribution >= 4 is 0 Å². The summed E-state index contributed by atoms with van der Waals surface area (Å²) in [7, 11) is 4.00. The van der Waals surface area contributed by atoms with Gasteiger partial charge in [-0.05, 0) is 12.8 Å². The molecule has 1 saturated heterocycles. The summed E-state index contributed by atoms with van der Waals surface area (Å²) in [5, 5.41) is 0. The van der Waals surface area contributed by atoms with Crippen LogP contribution < -0.4 is 4.90 Å². The molecule has 2 rings (SSSR count). The number of hydrogen-bond donors (Lipinski definition) is 1. The van der Waals surface area contributed by atoms with Crippen LogP contribution in [0.1, 0.15) is 12.8 Å². The molecule has 1 N–H and O–H groups in total. The first-order valence-electron chi connectivity index (χ1n) is 3.53. The molecule has 0 spiro atoms. The van der Waals surface area contributed by atoms with E-state index >= 15 is 0 Å². The van der Waals surface area contributed by atoms with E-state index in [-0.39, 0.29) is 0 Å². The minimum Gasteiger partial charge on any atom is -0.467 e. The van der Waals surface area contributed by atoms with Crippen molar-refractivity contribution in [3.63, 3.8) is 0 Å². The fraction of sp³-hybridized carbons (Fsp3) is 0.857. The largest absolute Gasteiger partial charge is 0.467 e. The van der Waals surface area contributed by atoms with Gasteiger partial charge < -0.3 is 4.90 Å². The summed E-state index contributed by atoms with van der Waals surface area (Å²) in [6.07, 6.45) is 2.98. The van der Waals surface area contributed by atoms with Gasteiger partial charge in [-0.15, -0.1) is 0 Å². The molecule has 2 aliphatic rings. The Kier molecular flexibility index (Phi) is 0.884. The highest BCUT2D eigenvalue weighted by molar-refractivity contribution is 4.82. The second-order valence-electron chi connectivity index (χ2n) is 3.26. The Morgan fingerprint density at radius 3 is 1.88 bits per heavy atom. The Morgan fingerprint density at radius 1 is 1.12 bits per heavy atom. The van der Waals surface area contributed by atoms with Crippen molar-refractivity contribution in [3.8, 4) is 0 Å². The average Bonchev–Trinajstić information content (AvgIpc) is 1.91. The molecule has 0 aromatic heterocycles. The van der Waals surface area contributed by atoms with Crippen molar-refractivity contribution in [2.75, 3.05) is 13.1 Å². The van der Waals surface area contributed by atoms with E-state index in [9.17, 15) is 0 Å². The van der Waals surface area contributed by atoms with Crippen LogP contribution in [0.3, 0.4) is 0 Å². The minimum atomic E-state index is 1.07. The van der Waals surface area contributed by atoms with Gasteiger partial charge in [0.1, 0.15) is 0 Å². The third-order valence-corrected chi connectivity index (χ3v) is 2.68. The van der Waals surface area contributed by atoms with Crippen molar-refractivity contribution in [3.05, 3.63) is 7.05 Å². The topological polar surface area (TPSA) is 4.44 Å². The van der Waals surface area contributed by atoms with E-state index in [0.717, 1.165) is 11.8 Å². The molecule has 3 atom stereocenters. The van der Waals surface area contributed by atoms with Crippen LogP contribution in [-0.4, -0.2) is 13.1 Å². The number of fused-ring (bicyclic) bond motifs is 1. The van der Waals surface area contributed by atoms with Crippen LogP contribution in [0.15, 0.2) is 0 Å². The van der Waals surface area contributed by atoms with Crippen molar-refractivity contribution in [1.29, 1.82) is 0 Å². The monoisotopic (exact) mass is 111 g/mol. The number of hydrogen-bond acceptors (Lipinski definition) is 0. The number of rotatable bonds is 0. The van der Waals surface area contributed by atoms with Gasteiger partial charge in [0, 0.05) is 11.8 Å². The van der Waals surface area contributed by atoms with E-state index in [0.29, 0.717) is 0 Å². The third-order valence-electron chi connectivity index (χ3n) is 2.68. The molecular formula is C7H13N. The zero-order valence-corrected chi connectivity index (χ0v) is 5.19. The number of quaternary nitrogens is 1. The summed E-state index contributed by atoms with van der Waals surface area (Å²) in [5.74, 6) is 2.14. The molecule has 1 heterocycles. The van der Waals surface area contributed by atoms with Crippen molar-refractivity contribution in [2.24, 2.45) is 11.8 Å². The van der Waals surface area contributed by atoms with Gasteiger partial charge in [0.2, 0.25) is 0 Å². The van der Waals surface area contributed by atoms with E-state index in [4.69, 9.17) is 0 Å². The van der Waals surface area contributed by atoms with Gasteiger partial charge in [-0.1, -0.05) is 0 Å². The summed E-state index contributed by atoms with van der Waals surface area (Å²) in [4.78, 5) is 1.51. The van der Waals surface area contributed by atoms with E-state index in [1.54, 1.807) is 0 Å². The Morgan fingerprint density at radius 2 is 1.62 bits per heavy atom. The summed E-state index contributed by atoms with van der Waals surface area (Å²) in [5.41, 5.74) is 0. The maximum atomic E-state index is 4.00. The molecule has 8 heavy (non-hydrogen) atoms. The number of likely N-dealkylation sites (tertiary alicyclic amines) is 1. The van der Waals surface area contributed by atoms with Crippen LogP contribution >= 0.6 is 0 Å². The smallest absolute Gasteiger partial charge is 0.0563 e. The summed E-state index contributed by atoms with van der Waals surface area (Å²) >= 11 is 0. The van der Waals surface area contributed by atoms with E-state index in [1.807, 2.05) is 0 Å². The predicted molar refractivity (Wildman–Crippen MR) is 32.3 cm³/mol. The Bertz CT molecular complexity index is 88.6. The van der Waals surface area contributed by atoms with Gasteiger partial charge >= 0.3 is 0 Å². The first kappa shape index (κ1) is 4.80. The molecule has 1 saturated carbocycles. The highest BCUT2D eigenvalue weighted by atomic mass is 15.1. The van der Waals surface area contributed by atoms with Gasteiger partial charge in [-0.3, -0.25) is 0 Å². The normalized spacial score (nSPS) is 52.9. The molecule has 0 bridgehead atoms. The Labute approximate surface area is 50.7 Å². The van der Waals surface area contributed by atoms with Gasteiger partial charge in [-0.25, -0.2) is 0 Å². The second-order valence-corrected chi connectivity index (χ2v) is 3.26. The van der Waals surface area contributed by atoms with Crippen LogP contribution in [0, 0.1) is 18.9 Å². The lowest BCUT2D eigenvalue weighted by Gasteiger charge is -2.25. The minimum absolute atomic E-state index is 1.07. The zero-order valence-electron chi connectivity index (χ0n) is 5.19. The average molecular weight is 111 g/mol. The molecule has 0 radical (unpaired) electrons. The highest BCUT2D eigenvalue weighted by Gasteiger charge is 2.38. The first-order chi connectivity index (χ1) is 3.86. The van der Waals surface area contributed by atoms with E-state index < -0.39 is 0 Å². The summed E-state index contributed by atoms with van der Waals surface area (Å²) in [6.45, 7) is 2.70. The maximum absolute atomic E-state index is 4.00. The summed E-state index contributed by atoms with van der Waals surface area (Å²) < 4.78 is 0. The fourth-order valence-electron chi connectivity index (χ4n) is 2.00. The molecule has 1 nitrogen and oxygen atoms in total. The van der Waals surface area contributed by atoms with Gasteiger partial charge in [0.05, 0.1) is 13.1 Å². The molecule has 1 heteroatoms. The molecule has 46 valence electrons. The molecular weight excluding hydrogens is 98.1 g/mol. The third kappa shape index (κ3) is 0.510. The van der Waals surface area contributed by atoms with E-state index in [2.05, 4.69) is 7.05 Å². The predicted octanol–water partition coefficient (Wildman–Crippen LogP) is -0.297. The van der Waals surface area contributed by atoms with Crippen LogP contribution in [-0.2, 0) is 0 Å². The molecule has 0 amide bonds. The standard InChI is InChI=1S/C7H13N/c1-8-4-6-2-3-7(6)5-8/h6-8H,1-5H2/t6-,7+. The van der Waals surface area contributed by atoms with Crippen molar-refractivity contribution < 1.29 is 4.90 Å². The first-order valence-corrected chi connectivity index (χ1v) is 3.53. The molecule has 1 unspecified atom stereocenters. The van der Waals surface area contributed by atoms with Crippen molar-refractivity contribution in [1.82, 2.24) is 0 Å². The van der Waals surface area contributed by atoms with Crippen LogP contribution in [0.5, 0.6) is 0 Å². The molecule has 0 aromatic rings. The Balaban J connectivity index is 2.00. The van der Waals surface area contributed by atoms with Crippen molar-refractivity contribution in [2.45, 2.75) is 12.8 Å². The van der Waals surface area contributed by atoms with Gasteiger partial charge in [0.15, 0.2) is 0 Å². The lowest BCUT2D eigenvalue weighted by atomic mass is 9.77. The van der Waals surface area contributed by atoms with E-state index in [1.165, 1.54) is 30.8 Å². The second kappa shape index (κ2) is 1.47. The summed E-state index contributed by atoms with van der Waals surface area (Å²) in [6, 6.07) is 0. The lowest BCUT2D eigenvalue weighted by Crippen LogP contribution is -3.04. The fourth-order valence-corrected chi connectivity index (χ4v) is 2.00. The van der Waals surface area contributed by atoms with Crippen LogP contribution in [0.4, 0.5) is 0 Å². The molecule has 1 aliphatic carbocycles. The molecule has 2 fully saturated rings. The highest BCUT2D eigenvalue weighted by Crippen LogP contribution is 2.34.